The summed E-state index contributed by atoms with van der Waals surface area (Å²) >= 11 is 0. The topological polar surface area (TPSA) is 64.6 Å². The maximum absolute atomic E-state index is 12.2. The van der Waals surface area contributed by atoms with Crippen molar-refractivity contribution in [2.75, 3.05) is 26.4 Å². The number of esters is 1. The van der Waals surface area contributed by atoms with E-state index >= 15 is 0 Å². The van der Waals surface area contributed by atoms with E-state index in [1.165, 1.54) is 0 Å². The molecule has 1 atom stereocenters. The number of ether oxygens (including phenoxy) is 2. The van der Waals surface area contributed by atoms with Gasteiger partial charge in [-0.2, -0.15) is 0 Å². The van der Waals surface area contributed by atoms with Gasteiger partial charge in [0.2, 0.25) is 5.91 Å². The van der Waals surface area contributed by atoms with Crippen LogP contribution in [-0.2, 0) is 19.1 Å². The molecule has 1 amide bonds. The van der Waals surface area contributed by atoms with E-state index in [-0.39, 0.29) is 12.5 Å². The van der Waals surface area contributed by atoms with E-state index in [1.807, 2.05) is 20.8 Å². The minimum Gasteiger partial charge on any atom is -0.465 e. The van der Waals surface area contributed by atoms with Crippen LogP contribution in [0.2, 0.25) is 0 Å². The first-order valence-corrected chi connectivity index (χ1v) is 7.72. The Morgan fingerprint density at radius 1 is 1.19 bits per heavy atom. The molecule has 0 fully saturated rings. The van der Waals surface area contributed by atoms with Gasteiger partial charge in [-0.05, 0) is 24.7 Å². The van der Waals surface area contributed by atoms with Gasteiger partial charge in [-0.3, -0.25) is 9.59 Å². The molecule has 124 valence electrons. The van der Waals surface area contributed by atoms with Crippen LogP contribution < -0.4 is 5.32 Å². The molecule has 5 heteroatoms. The van der Waals surface area contributed by atoms with Gasteiger partial charge in [0.1, 0.15) is 5.92 Å². The Labute approximate surface area is 128 Å². The number of hydrogen-bond acceptors (Lipinski definition) is 4. The van der Waals surface area contributed by atoms with Gasteiger partial charge in [0.05, 0.1) is 6.61 Å². The van der Waals surface area contributed by atoms with E-state index in [1.54, 1.807) is 6.92 Å². The summed E-state index contributed by atoms with van der Waals surface area (Å²) in [7, 11) is 0. The Balaban J connectivity index is 4.22. The van der Waals surface area contributed by atoms with Crippen molar-refractivity contribution in [1.29, 1.82) is 0 Å². The van der Waals surface area contributed by atoms with Crippen molar-refractivity contribution in [1.82, 2.24) is 5.32 Å². The third-order valence-corrected chi connectivity index (χ3v) is 2.87. The third-order valence-electron chi connectivity index (χ3n) is 2.87. The third kappa shape index (κ3) is 8.71. The molecule has 21 heavy (non-hydrogen) atoms. The summed E-state index contributed by atoms with van der Waals surface area (Å²) in [6, 6.07) is 0. The lowest BCUT2D eigenvalue weighted by Gasteiger charge is -2.27. The molecular weight excluding hydrogens is 270 g/mol. The molecule has 1 N–H and O–H groups in total. The minimum absolute atomic E-state index is 0.273. The zero-order valence-corrected chi connectivity index (χ0v) is 14.3. The van der Waals surface area contributed by atoms with Crippen LogP contribution in [-0.4, -0.2) is 38.2 Å². The number of rotatable bonds is 9. The first-order valence-electron chi connectivity index (χ1n) is 7.72. The first-order chi connectivity index (χ1) is 9.70. The lowest BCUT2D eigenvalue weighted by atomic mass is 9.80. The Bertz CT molecular complexity index is 321. The number of carbonyl (C=O) groups is 2. The average molecular weight is 301 g/mol. The highest BCUT2D eigenvalue weighted by Crippen LogP contribution is 2.27. The number of hydrogen-bond donors (Lipinski definition) is 1. The summed E-state index contributed by atoms with van der Waals surface area (Å²) < 4.78 is 10.4. The van der Waals surface area contributed by atoms with Crippen LogP contribution >= 0.6 is 0 Å². The normalized spacial score (nSPS) is 13.1. The molecule has 0 aliphatic rings. The van der Waals surface area contributed by atoms with Crippen molar-refractivity contribution in [3.8, 4) is 0 Å². The summed E-state index contributed by atoms with van der Waals surface area (Å²) in [4.78, 5) is 24.1. The van der Waals surface area contributed by atoms with Crippen molar-refractivity contribution < 1.29 is 19.1 Å². The predicted octanol–water partition coefficient (Wildman–Crippen LogP) is 2.39. The van der Waals surface area contributed by atoms with Gasteiger partial charge in [0, 0.05) is 19.8 Å². The van der Waals surface area contributed by atoms with Crippen molar-refractivity contribution in [2.24, 2.45) is 17.3 Å². The van der Waals surface area contributed by atoms with E-state index in [0.29, 0.717) is 19.1 Å². The van der Waals surface area contributed by atoms with E-state index < -0.39 is 17.3 Å². The molecule has 0 heterocycles. The largest absolute Gasteiger partial charge is 0.465 e. The second-order valence-electron chi connectivity index (χ2n) is 6.66. The van der Waals surface area contributed by atoms with Gasteiger partial charge in [-0.15, -0.1) is 0 Å². The summed E-state index contributed by atoms with van der Waals surface area (Å²) in [5.74, 6) is -1.01. The SMILES string of the molecule is CCOC(=O)C(C(=O)NCCCOCC(C)C)C(C)(C)C. The van der Waals surface area contributed by atoms with Crippen molar-refractivity contribution in [3.63, 3.8) is 0 Å². The van der Waals surface area contributed by atoms with Gasteiger partial charge in [0.25, 0.3) is 0 Å². The molecule has 0 aliphatic carbocycles. The molecule has 0 radical (unpaired) electrons. The average Bonchev–Trinajstić information content (AvgIpc) is 2.31. The smallest absolute Gasteiger partial charge is 0.319 e. The fourth-order valence-corrected chi connectivity index (χ4v) is 1.89. The highest BCUT2D eigenvalue weighted by atomic mass is 16.5. The molecule has 1 unspecified atom stereocenters. The molecule has 0 saturated heterocycles. The highest BCUT2D eigenvalue weighted by molar-refractivity contribution is 5.98. The molecule has 5 nitrogen and oxygen atoms in total. The maximum Gasteiger partial charge on any atom is 0.319 e. The van der Waals surface area contributed by atoms with Crippen molar-refractivity contribution in [3.05, 3.63) is 0 Å². The zero-order chi connectivity index (χ0) is 16.5. The zero-order valence-electron chi connectivity index (χ0n) is 14.3. The van der Waals surface area contributed by atoms with Crippen LogP contribution in [0.4, 0.5) is 0 Å². The van der Waals surface area contributed by atoms with Gasteiger partial charge in [-0.25, -0.2) is 0 Å². The summed E-state index contributed by atoms with van der Waals surface area (Å²) in [5, 5.41) is 2.80. The van der Waals surface area contributed by atoms with E-state index in [4.69, 9.17) is 9.47 Å². The van der Waals surface area contributed by atoms with Crippen LogP contribution in [0.3, 0.4) is 0 Å². The standard InChI is InChI=1S/C16H31NO4/c1-7-21-15(19)13(16(4,5)6)14(18)17-9-8-10-20-11-12(2)3/h12-13H,7-11H2,1-6H3,(H,17,18). The molecule has 0 aromatic heterocycles. The van der Waals surface area contributed by atoms with E-state index in [9.17, 15) is 9.59 Å². The molecule has 0 aromatic carbocycles. The lowest BCUT2D eigenvalue weighted by molar-refractivity contribution is -0.156. The quantitative estimate of drug-likeness (QED) is 0.403. The van der Waals surface area contributed by atoms with Crippen molar-refractivity contribution in [2.45, 2.75) is 48.0 Å². The fraction of sp³-hybridized carbons (Fsp3) is 0.875. The highest BCUT2D eigenvalue weighted by Gasteiger charge is 2.38. The first kappa shape index (κ1) is 19.9. The number of nitrogens with one attached hydrogen (secondary N) is 1. The van der Waals surface area contributed by atoms with Crippen molar-refractivity contribution >= 4 is 11.9 Å². The van der Waals surface area contributed by atoms with Crippen LogP contribution in [0.15, 0.2) is 0 Å². The maximum atomic E-state index is 12.2. The van der Waals surface area contributed by atoms with Crippen LogP contribution in [0.1, 0.15) is 48.0 Å². The van der Waals surface area contributed by atoms with Gasteiger partial charge in [-0.1, -0.05) is 34.6 Å². The Morgan fingerprint density at radius 2 is 1.81 bits per heavy atom. The summed E-state index contributed by atoms with van der Waals surface area (Å²) in [6.07, 6.45) is 0.734. The molecular formula is C16H31NO4. The number of amides is 1. The van der Waals surface area contributed by atoms with E-state index in [0.717, 1.165) is 13.0 Å². The molecule has 0 aromatic rings. The second-order valence-corrected chi connectivity index (χ2v) is 6.66. The monoisotopic (exact) mass is 301 g/mol. The molecule has 0 bridgehead atoms. The van der Waals surface area contributed by atoms with Crippen LogP contribution in [0, 0.1) is 17.3 Å². The summed E-state index contributed by atoms with van der Waals surface area (Å²) in [5.41, 5.74) is -0.468. The van der Waals surface area contributed by atoms with Gasteiger partial charge in [0.15, 0.2) is 0 Å². The van der Waals surface area contributed by atoms with E-state index in [2.05, 4.69) is 19.2 Å². The molecule has 0 rings (SSSR count). The number of carbonyl (C=O) groups excluding carboxylic acids is 2. The molecule has 0 saturated carbocycles. The second kappa shape index (κ2) is 9.77. The lowest BCUT2D eigenvalue weighted by Crippen LogP contribution is -2.44. The fourth-order valence-electron chi connectivity index (χ4n) is 1.89. The Hall–Kier alpha value is -1.10. The van der Waals surface area contributed by atoms with Gasteiger partial charge < -0.3 is 14.8 Å². The van der Waals surface area contributed by atoms with Crippen LogP contribution in [0.25, 0.3) is 0 Å². The predicted molar refractivity (Wildman–Crippen MR) is 82.9 cm³/mol. The Morgan fingerprint density at radius 3 is 2.29 bits per heavy atom. The summed E-state index contributed by atoms with van der Waals surface area (Å²) in [6.45, 7) is 13.6. The minimum atomic E-state index is -0.783. The molecule has 0 spiro atoms. The van der Waals surface area contributed by atoms with Gasteiger partial charge >= 0.3 is 5.97 Å². The molecule has 0 aliphatic heterocycles. The van der Waals surface area contributed by atoms with Crippen LogP contribution in [0.5, 0.6) is 0 Å². The Kier molecular flexibility index (Phi) is 9.26.